The number of thiophene rings is 1. The van der Waals surface area contributed by atoms with Gasteiger partial charge in [-0.05, 0) is 12.0 Å². The molecule has 0 aliphatic heterocycles. The summed E-state index contributed by atoms with van der Waals surface area (Å²) in [6.07, 6.45) is 0.989. The second-order valence-electron chi connectivity index (χ2n) is 4.19. The van der Waals surface area contributed by atoms with Crippen molar-refractivity contribution >= 4 is 27.0 Å². The molecule has 0 amide bonds. The molecule has 18 heavy (non-hydrogen) atoms. The Balaban J connectivity index is 2.62. The van der Waals surface area contributed by atoms with E-state index in [1.165, 1.54) is 6.07 Å². The van der Waals surface area contributed by atoms with Crippen LogP contribution < -0.4 is 10.5 Å². The van der Waals surface area contributed by atoms with Crippen molar-refractivity contribution in [1.82, 2.24) is 4.72 Å². The number of nitrogens with two attached hydrogens (primary N) is 1. The lowest BCUT2D eigenvalue weighted by Crippen LogP contribution is -2.35. The van der Waals surface area contributed by atoms with Gasteiger partial charge in [-0.25, -0.2) is 13.1 Å². The fraction of sp³-hybridized carbons (Fsp3) is 0.636. The molecule has 1 rings (SSSR count). The highest BCUT2D eigenvalue weighted by Gasteiger charge is 2.21. The van der Waals surface area contributed by atoms with Gasteiger partial charge in [-0.15, -0.1) is 11.3 Å². The van der Waals surface area contributed by atoms with Gasteiger partial charge in [-0.1, -0.05) is 26.7 Å². The van der Waals surface area contributed by atoms with E-state index in [1.54, 1.807) is 5.38 Å². The molecule has 5 nitrogen and oxygen atoms in total. The second kappa shape index (κ2) is 6.51. The highest BCUT2D eigenvalue weighted by Crippen LogP contribution is 2.21. The predicted octanol–water partition coefficient (Wildman–Crippen LogP) is 1.41. The standard InChI is InChI=1S/C11H20N2O3S2/c1-3-8(4-2)10(14)6-13-18(15,16)11-5-9(12)7-17-11/h5,7-8,10,13-14H,3-4,6,12H2,1-2H3. The number of hydrogen-bond donors (Lipinski definition) is 3. The third-order valence-electron chi connectivity index (χ3n) is 2.94. The highest BCUT2D eigenvalue weighted by atomic mass is 32.2. The number of anilines is 1. The minimum absolute atomic E-state index is 0.0342. The van der Waals surface area contributed by atoms with Crippen molar-refractivity contribution in [2.45, 2.75) is 37.0 Å². The van der Waals surface area contributed by atoms with Gasteiger partial charge in [0.25, 0.3) is 0 Å². The lowest BCUT2D eigenvalue weighted by molar-refractivity contribution is 0.107. The molecule has 1 heterocycles. The van der Waals surface area contributed by atoms with E-state index in [0.29, 0.717) is 5.69 Å². The Bertz CT molecular complexity index is 466. The zero-order valence-corrected chi connectivity index (χ0v) is 12.2. The predicted molar refractivity (Wildman–Crippen MR) is 74.0 cm³/mol. The molecule has 0 fully saturated rings. The molecular formula is C11H20N2O3S2. The first-order valence-electron chi connectivity index (χ1n) is 5.92. The van der Waals surface area contributed by atoms with Gasteiger partial charge >= 0.3 is 0 Å². The molecule has 1 unspecified atom stereocenters. The Morgan fingerprint density at radius 3 is 2.50 bits per heavy atom. The van der Waals surface area contributed by atoms with Gasteiger partial charge in [-0.2, -0.15) is 0 Å². The molecule has 0 saturated carbocycles. The number of nitrogen functional groups attached to an aromatic ring is 1. The fourth-order valence-electron chi connectivity index (χ4n) is 1.74. The molecule has 0 spiro atoms. The number of hydrogen-bond acceptors (Lipinski definition) is 5. The van der Waals surface area contributed by atoms with E-state index < -0.39 is 16.1 Å². The third kappa shape index (κ3) is 3.94. The molecule has 4 N–H and O–H groups in total. The fourth-order valence-corrected chi connectivity index (χ4v) is 3.91. The highest BCUT2D eigenvalue weighted by molar-refractivity contribution is 7.91. The molecule has 104 valence electrons. The monoisotopic (exact) mass is 292 g/mol. The SMILES string of the molecule is CCC(CC)C(O)CNS(=O)(=O)c1cc(N)cs1. The maximum absolute atomic E-state index is 11.9. The lowest BCUT2D eigenvalue weighted by atomic mass is 9.97. The Hall–Kier alpha value is -0.630. The van der Waals surface area contributed by atoms with Gasteiger partial charge in [-0.3, -0.25) is 0 Å². The summed E-state index contributed by atoms with van der Waals surface area (Å²) in [6.45, 7) is 3.99. The van der Waals surface area contributed by atoms with E-state index in [9.17, 15) is 13.5 Å². The van der Waals surface area contributed by atoms with Crippen LogP contribution in [-0.2, 0) is 10.0 Å². The summed E-state index contributed by atoms with van der Waals surface area (Å²) in [5.41, 5.74) is 5.92. The first-order valence-corrected chi connectivity index (χ1v) is 8.28. The maximum atomic E-state index is 11.9. The zero-order chi connectivity index (χ0) is 13.8. The maximum Gasteiger partial charge on any atom is 0.250 e. The molecule has 7 heteroatoms. The van der Waals surface area contributed by atoms with Gasteiger partial charge in [0.2, 0.25) is 10.0 Å². The minimum Gasteiger partial charge on any atom is -0.398 e. The van der Waals surface area contributed by atoms with Crippen LogP contribution in [0.3, 0.4) is 0 Å². The van der Waals surface area contributed by atoms with Crippen molar-refractivity contribution < 1.29 is 13.5 Å². The van der Waals surface area contributed by atoms with E-state index in [1.807, 2.05) is 13.8 Å². The van der Waals surface area contributed by atoms with Gasteiger partial charge in [0.15, 0.2) is 0 Å². The van der Waals surface area contributed by atoms with Crippen LogP contribution in [0.1, 0.15) is 26.7 Å². The van der Waals surface area contributed by atoms with Crippen molar-refractivity contribution in [2.75, 3.05) is 12.3 Å². The lowest BCUT2D eigenvalue weighted by Gasteiger charge is -2.20. The van der Waals surface area contributed by atoms with Crippen molar-refractivity contribution in [3.8, 4) is 0 Å². The molecule has 0 aliphatic carbocycles. The summed E-state index contributed by atoms with van der Waals surface area (Å²) in [6, 6.07) is 1.41. The average Bonchev–Trinajstić information content (AvgIpc) is 2.76. The van der Waals surface area contributed by atoms with E-state index in [4.69, 9.17) is 5.73 Å². The van der Waals surface area contributed by atoms with Crippen LogP contribution in [0.25, 0.3) is 0 Å². The quantitative estimate of drug-likeness (QED) is 0.708. The van der Waals surface area contributed by atoms with E-state index in [2.05, 4.69) is 4.72 Å². The molecule has 1 aromatic rings. The number of nitrogens with one attached hydrogen (secondary N) is 1. The largest absolute Gasteiger partial charge is 0.398 e. The topological polar surface area (TPSA) is 92.4 Å². The second-order valence-corrected chi connectivity index (χ2v) is 7.10. The van der Waals surface area contributed by atoms with E-state index >= 15 is 0 Å². The Morgan fingerprint density at radius 2 is 2.06 bits per heavy atom. The number of sulfonamides is 1. The van der Waals surface area contributed by atoms with Crippen molar-refractivity contribution in [2.24, 2.45) is 5.92 Å². The van der Waals surface area contributed by atoms with Crippen LogP contribution in [-0.4, -0.2) is 26.2 Å². The molecule has 1 atom stereocenters. The molecule has 0 saturated heterocycles. The van der Waals surface area contributed by atoms with E-state index in [0.717, 1.165) is 24.2 Å². The number of aliphatic hydroxyl groups is 1. The molecule has 0 bridgehead atoms. The van der Waals surface area contributed by atoms with Gasteiger partial charge < -0.3 is 10.8 Å². The van der Waals surface area contributed by atoms with Crippen LogP contribution in [0.4, 0.5) is 5.69 Å². The third-order valence-corrected chi connectivity index (χ3v) is 5.82. The summed E-state index contributed by atoms with van der Waals surface area (Å²) in [4.78, 5) is 0. The van der Waals surface area contributed by atoms with Crippen LogP contribution in [0.15, 0.2) is 15.7 Å². The van der Waals surface area contributed by atoms with Crippen LogP contribution in [0.2, 0.25) is 0 Å². The average molecular weight is 292 g/mol. The number of aliphatic hydroxyl groups excluding tert-OH is 1. The molecule has 0 radical (unpaired) electrons. The summed E-state index contributed by atoms with van der Waals surface area (Å²) >= 11 is 1.07. The van der Waals surface area contributed by atoms with Crippen LogP contribution in [0, 0.1) is 5.92 Å². The Labute approximate surface area is 112 Å². The molecule has 0 aliphatic rings. The first kappa shape index (κ1) is 15.4. The Morgan fingerprint density at radius 1 is 1.44 bits per heavy atom. The van der Waals surface area contributed by atoms with Crippen LogP contribution in [0.5, 0.6) is 0 Å². The summed E-state index contributed by atoms with van der Waals surface area (Å²) in [7, 11) is -3.56. The molecule has 0 aromatic carbocycles. The zero-order valence-electron chi connectivity index (χ0n) is 10.6. The normalized spacial score (nSPS) is 14.0. The molecular weight excluding hydrogens is 272 g/mol. The van der Waals surface area contributed by atoms with Gasteiger partial charge in [0.1, 0.15) is 4.21 Å². The minimum atomic E-state index is -3.56. The van der Waals surface area contributed by atoms with Crippen molar-refractivity contribution in [1.29, 1.82) is 0 Å². The summed E-state index contributed by atoms with van der Waals surface area (Å²) in [5.74, 6) is 0.112. The van der Waals surface area contributed by atoms with Gasteiger partial charge in [0.05, 0.1) is 6.10 Å². The van der Waals surface area contributed by atoms with Crippen LogP contribution >= 0.6 is 11.3 Å². The summed E-state index contributed by atoms with van der Waals surface area (Å²) in [5, 5.41) is 11.5. The van der Waals surface area contributed by atoms with Crippen molar-refractivity contribution in [3.05, 3.63) is 11.4 Å². The smallest absolute Gasteiger partial charge is 0.250 e. The number of rotatable bonds is 7. The van der Waals surface area contributed by atoms with Gasteiger partial charge in [0, 0.05) is 17.6 Å². The van der Waals surface area contributed by atoms with E-state index in [-0.39, 0.29) is 16.7 Å². The molecule has 1 aromatic heterocycles. The first-order chi connectivity index (χ1) is 8.40. The van der Waals surface area contributed by atoms with Crippen molar-refractivity contribution in [3.63, 3.8) is 0 Å². The summed E-state index contributed by atoms with van der Waals surface area (Å²) < 4.78 is 26.4. The Kier molecular flexibility index (Phi) is 5.58.